The summed E-state index contributed by atoms with van der Waals surface area (Å²) in [5, 5.41) is 1.07. The first-order valence-corrected chi connectivity index (χ1v) is 6.17. The molecule has 0 spiro atoms. The maximum Gasteiger partial charge on any atom is 0.0983 e. The predicted octanol–water partition coefficient (Wildman–Crippen LogP) is 2.86. The van der Waals surface area contributed by atoms with E-state index in [1.165, 1.54) is 4.70 Å². The van der Waals surface area contributed by atoms with Crippen molar-refractivity contribution in [2.45, 2.75) is 6.42 Å². The molecule has 2 heterocycles. The van der Waals surface area contributed by atoms with E-state index in [0.29, 0.717) is 0 Å². The molecule has 84 valence electrons. The fraction of sp³-hybridized carbons (Fsp3) is 0.0769. The second-order valence-electron chi connectivity index (χ2n) is 3.83. The number of nitrogens with zero attached hydrogens (tertiary/aromatic N) is 2. The molecule has 3 aromatic rings. The number of aromatic nitrogens is 2. The van der Waals surface area contributed by atoms with Crippen LogP contribution in [-0.2, 0) is 6.42 Å². The zero-order valence-electron chi connectivity index (χ0n) is 9.13. The molecule has 0 amide bonds. The Balaban J connectivity index is 1.98. The molecule has 0 atom stereocenters. The van der Waals surface area contributed by atoms with Crippen molar-refractivity contribution in [1.29, 1.82) is 0 Å². The summed E-state index contributed by atoms with van der Waals surface area (Å²) < 4.78 is 1.21. The van der Waals surface area contributed by atoms with Crippen LogP contribution in [0.25, 0.3) is 10.2 Å². The zero-order chi connectivity index (χ0) is 11.7. The number of rotatable bonds is 2. The van der Waals surface area contributed by atoms with Gasteiger partial charge in [-0.2, -0.15) is 0 Å². The molecule has 1 aromatic carbocycles. The van der Waals surface area contributed by atoms with E-state index in [1.54, 1.807) is 23.7 Å². The molecule has 0 aliphatic rings. The highest BCUT2D eigenvalue weighted by atomic mass is 32.1. The van der Waals surface area contributed by atoms with E-state index >= 15 is 0 Å². The Hall–Kier alpha value is -1.94. The number of nitrogens with two attached hydrogens (primary N) is 1. The minimum Gasteiger partial charge on any atom is -0.398 e. The molecule has 4 heteroatoms. The van der Waals surface area contributed by atoms with Crippen LogP contribution < -0.4 is 5.73 Å². The second kappa shape index (κ2) is 4.14. The number of hydrogen-bond donors (Lipinski definition) is 1. The Labute approximate surface area is 103 Å². The SMILES string of the molecule is Nc1ccncc1Cc1nc2ccccc2s1. The van der Waals surface area contributed by atoms with Gasteiger partial charge in [0.15, 0.2) is 0 Å². The van der Waals surface area contributed by atoms with E-state index in [1.807, 2.05) is 24.3 Å². The molecule has 0 saturated heterocycles. The summed E-state index contributed by atoms with van der Waals surface area (Å²) in [5.41, 5.74) is 8.76. The maximum absolute atomic E-state index is 5.90. The lowest BCUT2D eigenvalue weighted by atomic mass is 10.2. The molecule has 0 saturated carbocycles. The van der Waals surface area contributed by atoms with Crippen LogP contribution in [0.2, 0.25) is 0 Å². The van der Waals surface area contributed by atoms with Gasteiger partial charge in [-0.15, -0.1) is 11.3 Å². The molecule has 0 bridgehead atoms. The first kappa shape index (κ1) is 10.2. The van der Waals surface area contributed by atoms with E-state index in [2.05, 4.69) is 16.0 Å². The molecule has 2 N–H and O–H groups in total. The van der Waals surface area contributed by atoms with Crippen LogP contribution in [0.5, 0.6) is 0 Å². The van der Waals surface area contributed by atoms with Crippen molar-refractivity contribution in [2.75, 3.05) is 5.73 Å². The predicted molar refractivity (Wildman–Crippen MR) is 71.1 cm³/mol. The van der Waals surface area contributed by atoms with Gasteiger partial charge in [0.1, 0.15) is 0 Å². The smallest absolute Gasteiger partial charge is 0.0983 e. The van der Waals surface area contributed by atoms with Gasteiger partial charge >= 0.3 is 0 Å². The van der Waals surface area contributed by atoms with E-state index in [9.17, 15) is 0 Å². The lowest BCUT2D eigenvalue weighted by molar-refractivity contribution is 1.13. The molecule has 0 radical (unpaired) electrons. The summed E-state index contributed by atoms with van der Waals surface area (Å²) in [4.78, 5) is 8.68. The van der Waals surface area contributed by atoms with Crippen molar-refractivity contribution in [3.63, 3.8) is 0 Å². The lowest BCUT2D eigenvalue weighted by Crippen LogP contribution is -1.95. The van der Waals surface area contributed by atoms with Gasteiger partial charge in [-0.25, -0.2) is 4.98 Å². The van der Waals surface area contributed by atoms with Crippen LogP contribution in [0.4, 0.5) is 5.69 Å². The van der Waals surface area contributed by atoms with Gasteiger partial charge in [-0.05, 0) is 18.2 Å². The summed E-state index contributed by atoms with van der Waals surface area (Å²) >= 11 is 1.71. The lowest BCUT2D eigenvalue weighted by Gasteiger charge is -2.00. The van der Waals surface area contributed by atoms with Crippen molar-refractivity contribution in [2.24, 2.45) is 0 Å². The molecule has 3 rings (SSSR count). The van der Waals surface area contributed by atoms with E-state index in [-0.39, 0.29) is 0 Å². The maximum atomic E-state index is 5.90. The van der Waals surface area contributed by atoms with Crippen molar-refractivity contribution in [3.05, 3.63) is 53.3 Å². The number of anilines is 1. The van der Waals surface area contributed by atoms with E-state index in [0.717, 1.165) is 28.2 Å². The number of pyridine rings is 1. The van der Waals surface area contributed by atoms with Gasteiger partial charge in [-0.3, -0.25) is 4.98 Å². The Morgan fingerprint density at radius 2 is 2.06 bits per heavy atom. The highest BCUT2D eigenvalue weighted by molar-refractivity contribution is 7.18. The molecule has 17 heavy (non-hydrogen) atoms. The monoisotopic (exact) mass is 241 g/mol. The average molecular weight is 241 g/mol. The van der Waals surface area contributed by atoms with Gasteiger partial charge in [0.25, 0.3) is 0 Å². The number of nitrogen functional groups attached to an aromatic ring is 1. The second-order valence-corrected chi connectivity index (χ2v) is 4.94. The fourth-order valence-corrected chi connectivity index (χ4v) is 2.73. The van der Waals surface area contributed by atoms with Crippen molar-refractivity contribution < 1.29 is 0 Å². The number of fused-ring (bicyclic) bond motifs is 1. The number of hydrogen-bond acceptors (Lipinski definition) is 4. The molecule has 3 nitrogen and oxygen atoms in total. The van der Waals surface area contributed by atoms with Gasteiger partial charge in [0.05, 0.1) is 15.2 Å². The minimum absolute atomic E-state index is 0.749. The number of para-hydroxylation sites is 1. The van der Waals surface area contributed by atoms with Gasteiger partial charge in [0, 0.05) is 30.1 Å². The van der Waals surface area contributed by atoms with Crippen LogP contribution >= 0.6 is 11.3 Å². The van der Waals surface area contributed by atoms with Gasteiger partial charge in [0.2, 0.25) is 0 Å². The van der Waals surface area contributed by atoms with E-state index < -0.39 is 0 Å². The fourth-order valence-electron chi connectivity index (χ4n) is 1.74. The molecular weight excluding hydrogens is 230 g/mol. The molecular formula is C13H11N3S. The van der Waals surface area contributed by atoms with Gasteiger partial charge < -0.3 is 5.73 Å². The van der Waals surface area contributed by atoms with Crippen LogP contribution in [0, 0.1) is 0 Å². The summed E-state index contributed by atoms with van der Waals surface area (Å²) in [7, 11) is 0. The standard InChI is InChI=1S/C13H11N3S/c14-10-5-6-15-8-9(10)7-13-16-11-3-1-2-4-12(11)17-13/h1-6,8H,7H2,(H2,14,15). The quantitative estimate of drug-likeness (QED) is 0.750. The third kappa shape index (κ3) is 1.99. The number of thiazole rings is 1. The van der Waals surface area contributed by atoms with Crippen LogP contribution in [0.1, 0.15) is 10.6 Å². The first-order chi connectivity index (χ1) is 8.33. The van der Waals surface area contributed by atoms with Crippen molar-refractivity contribution in [3.8, 4) is 0 Å². The van der Waals surface area contributed by atoms with Crippen molar-refractivity contribution in [1.82, 2.24) is 9.97 Å². The Bertz CT molecular complexity index is 627. The molecule has 0 aliphatic heterocycles. The molecule has 0 aliphatic carbocycles. The summed E-state index contributed by atoms with van der Waals surface area (Å²) in [6.07, 6.45) is 4.26. The highest BCUT2D eigenvalue weighted by Gasteiger charge is 2.06. The molecule has 0 fully saturated rings. The summed E-state index contributed by atoms with van der Waals surface area (Å²) in [6.45, 7) is 0. The average Bonchev–Trinajstić information content (AvgIpc) is 2.74. The summed E-state index contributed by atoms with van der Waals surface area (Å²) in [5.74, 6) is 0. The normalized spacial score (nSPS) is 10.8. The van der Waals surface area contributed by atoms with Crippen molar-refractivity contribution >= 4 is 27.2 Å². The third-order valence-electron chi connectivity index (χ3n) is 2.62. The Morgan fingerprint density at radius 1 is 1.18 bits per heavy atom. The highest BCUT2D eigenvalue weighted by Crippen LogP contribution is 2.24. The van der Waals surface area contributed by atoms with Crippen LogP contribution in [0.3, 0.4) is 0 Å². The Morgan fingerprint density at radius 3 is 2.88 bits per heavy atom. The number of benzene rings is 1. The Kier molecular flexibility index (Phi) is 2.49. The largest absolute Gasteiger partial charge is 0.398 e. The topological polar surface area (TPSA) is 51.8 Å². The minimum atomic E-state index is 0.749. The van der Waals surface area contributed by atoms with E-state index in [4.69, 9.17) is 5.73 Å². The molecule has 0 unspecified atom stereocenters. The molecule has 2 aromatic heterocycles. The van der Waals surface area contributed by atoms with Crippen LogP contribution in [0.15, 0.2) is 42.7 Å². The van der Waals surface area contributed by atoms with Gasteiger partial charge in [-0.1, -0.05) is 12.1 Å². The first-order valence-electron chi connectivity index (χ1n) is 5.36. The summed E-state index contributed by atoms with van der Waals surface area (Å²) in [6, 6.07) is 9.97. The zero-order valence-corrected chi connectivity index (χ0v) is 9.95. The third-order valence-corrected chi connectivity index (χ3v) is 3.66. The van der Waals surface area contributed by atoms with Crippen LogP contribution in [-0.4, -0.2) is 9.97 Å².